The fraction of sp³-hybridized carbons (Fsp3) is 1.00. The van der Waals surface area contributed by atoms with Gasteiger partial charge in [-0.2, -0.15) is 0 Å². The van der Waals surface area contributed by atoms with Gasteiger partial charge in [-0.15, -0.1) is 0 Å². The first-order valence-corrected chi connectivity index (χ1v) is 5.34. The van der Waals surface area contributed by atoms with E-state index in [1.807, 2.05) is 20.8 Å². The van der Waals surface area contributed by atoms with Gasteiger partial charge in [-0.3, -0.25) is 4.21 Å². The van der Waals surface area contributed by atoms with Crippen molar-refractivity contribution < 1.29 is 4.21 Å². The van der Waals surface area contributed by atoms with Crippen LogP contribution in [0.5, 0.6) is 0 Å². The Morgan fingerprint density at radius 3 is 1.50 bits per heavy atom. The maximum Gasteiger partial charge on any atom is 0.0395 e. The second-order valence-electron chi connectivity index (χ2n) is 2.88. The van der Waals surface area contributed by atoms with E-state index in [2.05, 4.69) is 0 Å². The third-order valence-electron chi connectivity index (χ3n) is 1.11. The molecular formula is C5H12OS2. The highest BCUT2D eigenvalue weighted by Crippen LogP contribution is 2.12. The van der Waals surface area contributed by atoms with Gasteiger partial charge in [0.25, 0.3) is 0 Å². The monoisotopic (exact) mass is 152 g/mol. The zero-order valence-corrected chi connectivity index (χ0v) is 7.36. The highest BCUT2D eigenvalue weighted by Gasteiger charge is 2.18. The van der Waals surface area contributed by atoms with Crippen LogP contribution in [-0.4, -0.2) is 15.2 Å². The number of hydrogen-bond donors (Lipinski definition) is 0. The summed E-state index contributed by atoms with van der Waals surface area (Å²) in [7, 11) is -2.01. The molecule has 0 aliphatic carbocycles. The van der Waals surface area contributed by atoms with Crippen molar-refractivity contribution in [2.75, 3.05) is 6.26 Å². The Bertz CT molecular complexity index is 159. The molecule has 0 aliphatic heterocycles. The Hall–Kier alpha value is 0.370. The summed E-state index contributed by atoms with van der Waals surface area (Å²) >= 11 is 4.75. The molecule has 0 amide bonds. The zero-order chi connectivity index (χ0) is 7.00. The lowest BCUT2D eigenvalue weighted by atomic mass is 10.3. The smallest absolute Gasteiger partial charge is 0.0395 e. The molecule has 0 radical (unpaired) electrons. The van der Waals surface area contributed by atoms with Gasteiger partial charge in [-0.25, -0.2) is 0 Å². The maximum atomic E-state index is 11.0. The highest BCUT2D eigenvalue weighted by molar-refractivity contribution is 8.33. The fourth-order valence-corrected chi connectivity index (χ4v) is 0. The van der Waals surface area contributed by atoms with Crippen molar-refractivity contribution in [3.8, 4) is 0 Å². The van der Waals surface area contributed by atoms with E-state index in [9.17, 15) is 4.21 Å². The van der Waals surface area contributed by atoms with Crippen molar-refractivity contribution in [1.29, 1.82) is 0 Å². The Morgan fingerprint density at radius 2 is 1.50 bits per heavy atom. The summed E-state index contributed by atoms with van der Waals surface area (Å²) in [5, 5.41) is 0. The van der Waals surface area contributed by atoms with Crippen LogP contribution >= 0.6 is 0 Å². The average molecular weight is 152 g/mol. The van der Waals surface area contributed by atoms with Crippen LogP contribution in [0, 0.1) is 0 Å². The summed E-state index contributed by atoms with van der Waals surface area (Å²) in [5.41, 5.74) is 0. The molecule has 0 heterocycles. The maximum absolute atomic E-state index is 11.0. The molecule has 8 heavy (non-hydrogen) atoms. The van der Waals surface area contributed by atoms with Gasteiger partial charge in [0.2, 0.25) is 0 Å². The zero-order valence-electron chi connectivity index (χ0n) is 5.72. The van der Waals surface area contributed by atoms with Crippen molar-refractivity contribution in [3.05, 3.63) is 0 Å². The van der Waals surface area contributed by atoms with Crippen molar-refractivity contribution >= 4 is 19.7 Å². The Kier molecular flexibility index (Phi) is 2.04. The molecule has 0 N–H and O–H groups in total. The van der Waals surface area contributed by atoms with Gasteiger partial charge >= 0.3 is 0 Å². The minimum Gasteiger partial charge on any atom is -0.257 e. The molecule has 0 bridgehead atoms. The molecule has 1 nitrogen and oxygen atoms in total. The third kappa shape index (κ3) is 2.09. The first kappa shape index (κ1) is 8.37. The SMILES string of the molecule is CC(C)(C)S(C)(=O)=S. The van der Waals surface area contributed by atoms with E-state index in [0.29, 0.717) is 0 Å². The standard InChI is InChI=1S/C5H12OS2/c1-5(2,3)8(4,6)7/h1-4H3. The van der Waals surface area contributed by atoms with Crippen LogP contribution in [0.1, 0.15) is 20.8 Å². The summed E-state index contributed by atoms with van der Waals surface area (Å²) in [6.45, 7) is 5.67. The molecule has 0 fully saturated rings. The van der Waals surface area contributed by atoms with E-state index in [4.69, 9.17) is 11.2 Å². The summed E-state index contributed by atoms with van der Waals surface area (Å²) < 4.78 is 10.8. The van der Waals surface area contributed by atoms with Crippen LogP contribution in [0.3, 0.4) is 0 Å². The van der Waals surface area contributed by atoms with Crippen LogP contribution in [0.15, 0.2) is 0 Å². The summed E-state index contributed by atoms with van der Waals surface area (Å²) in [6, 6.07) is 0. The predicted molar refractivity (Wildman–Crippen MR) is 41.2 cm³/mol. The molecule has 0 saturated heterocycles. The quantitative estimate of drug-likeness (QED) is 0.518. The van der Waals surface area contributed by atoms with Crippen molar-refractivity contribution in [2.24, 2.45) is 0 Å². The van der Waals surface area contributed by atoms with Gasteiger partial charge < -0.3 is 0 Å². The second-order valence-corrected chi connectivity index (χ2v) is 7.56. The van der Waals surface area contributed by atoms with E-state index >= 15 is 0 Å². The summed E-state index contributed by atoms with van der Waals surface area (Å²) in [6.07, 6.45) is 1.61. The summed E-state index contributed by atoms with van der Waals surface area (Å²) in [5.74, 6) is 0. The molecular weight excluding hydrogens is 140 g/mol. The van der Waals surface area contributed by atoms with Crippen molar-refractivity contribution in [2.45, 2.75) is 25.5 Å². The largest absolute Gasteiger partial charge is 0.257 e. The Balaban J connectivity index is 4.53. The first-order chi connectivity index (χ1) is 3.25. The van der Waals surface area contributed by atoms with Gasteiger partial charge in [0.15, 0.2) is 0 Å². The van der Waals surface area contributed by atoms with Gasteiger partial charge in [-0.05, 0) is 32.0 Å². The van der Waals surface area contributed by atoms with Crippen LogP contribution in [-0.2, 0) is 19.7 Å². The van der Waals surface area contributed by atoms with Crippen LogP contribution in [0.25, 0.3) is 0 Å². The molecule has 0 saturated carbocycles. The number of hydrogen-bond acceptors (Lipinski definition) is 2. The predicted octanol–water partition coefficient (Wildman–Crippen LogP) is 1.16. The van der Waals surface area contributed by atoms with E-state index in [0.717, 1.165) is 0 Å². The van der Waals surface area contributed by atoms with Gasteiger partial charge in [0, 0.05) is 19.5 Å². The van der Waals surface area contributed by atoms with E-state index in [1.54, 1.807) is 6.26 Å². The average Bonchev–Trinajstić information content (AvgIpc) is 1.25. The van der Waals surface area contributed by atoms with E-state index < -0.39 is 8.49 Å². The topological polar surface area (TPSA) is 17.1 Å². The molecule has 0 aromatic rings. The third-order valence-corrected chi connectivity index (χ3v) is 4.84. The summed E-state index contributed by atoms with van der Waals surface area (Å²) in [4.78, 5) is 0. The lowest BCUT2D eigenvalue weighted by molar-refractivity contribution is 0.652. The van der Waals surface area contributed by atoms with Gasteiger partial charge in [0.05, 0.1) is 0 Å². The molecule has 1 unspecified atom stereocenters. The van der Waals surface area contributed by atoms with Crippen LogP contribution in [0.2, 0.25) is 0 Å². The minimum atomic E-state index is -2.01. The fourth-order valence-electron chi connectivity index (χ4n) is 0. The molecule has 3 heteroatoms. The van der Waals surface area contributed by atoms with E-state index in [-0.39, 0.29) is 4.75 Å². The molecule has 1 atom stereocenters. The molecule has 0 rings (SSSR count). The lowest BCUT2D eigenvalue weighted by Crippen LogP contribution is -2.25. The minimum absolute atomic E-state index is 0.220. The Labute approximate surface area is 56.2 Å². The van der Waals surface area contributed by atoms with Crippen LogP contribution < -0.4 is 0 Å². The number of rotatable bonds is 0. The highest BCUT2D eigenvalue weighted by atomic mass is 32.8. The van der Waals surface area contributed by atoms with E-state index in [1.165, 1.54) is 0 Å². The molecule has 50 valence electrons. The van der Waals surface area contributed by atoms with Crippen molar-refractivity contribution in [3.63, 3.8) is 0 Å². The molecule has 0 aromatic heterocycles. The van der Waals surface area contributed by atoms with Gasteiger partial charge in [-0.1, -0.05) is 0 Å². The van der Waals surface area contributed by atoms with Crippen LogP contribution in [0.4, 0.5) is 0 Å². The van der Waals surface area contributed by atoms with Crippen molar-refractivity contribution in [1.82, 2.24) is 0 Å². The lowest BCUT2D eigenvalue weighted by Gasteiger charge is -2.17. The van der Waals surface area contributed by atoms with Gasteiger partial charge in [0.1, 0.15) is 0 Å². The first-order valence-electron chi connectivity index (χ1n) is 2.45. The molecule has 0 aromatic carbocycles. The second kappa shape index (κ2) is 1.95. The normalized spacial score (nSPS) is 20.0. The molecule has 0 aliphatic rings. The molecule has 0 spiro atoms. The Morgan fingerprint density at radius 1 is 1.38 bits per heavy atom.